The number of carbonyl (C=O) groups is 1. The molecule has 0 bridgehead atoms. The van der Waals surface area contributed by atoms with Crippen LogP contribution in [0.5, 0.6) is 0 Å². The molecule has 1 aromatic carbocycles. The van der Waals surface area contributed by atoms with Crippen molar-refractivity contribution in [3.63, 3.8) is 0 Å². The lowest BCUT2D eigenvalue weighted by Crippen LogP contribution is -2.21. The first-order valence-corrected chi connectivity index (χ1v) is 5.72. The Morgan fingerprint density at radius 1 is 1.44 bits per heavy atom. The molecule has 0 saturated heterocycles. The van der Waals surface area contributed by atoms with Crippen molar-refractivity contribution in [2.75, 3.05) is 0 Å². The van der Waals surface area contributed by atoms with Gasteiger partial charge in [-0.25, -0.2) is 4.39 Å². The molecule has 6 heteroatoms. The van der Waals surface area contributed by atoms with Gasteiger partial charge < -0.3 is 5.32 Å². The van der Waals surface area contributed by atoms with Crippen molar-refractivity contribution < 1.29 is 9.18 Å². The van der Waals surface area contributed by atoms with Crippen LogP contribution in [0.3, 0.4) is 0 Å². The number of halogens is 1. The summed E-state index contributed by atoms with van der Waals surface area (Å²) in [4.78, 5) is 11.9. The van der Waals surface area contributed by atoms with Gasteiger partial charge in [0.2, 0.25) is 0 Å². The zero-order chi connectivity index (χ0) is 12.7. The van der Waals surface area contributed by atoms with Crippen molar-refractivity contribution in [1.29, 1.82) is 0 Å². The number of hydrogen-bond donors (Lipinski definition) is 1. The van der Waals surface area contributed by atoms with Crippen LogP contribution >= 0.6 is 0 Å². The SMILES string of the molecule is CCc1nnc2n1-c1ccc(F)cc1C(=O)NC2. The number of nitrogens with one attached hydrogen (secondary N) is 1. The third-order valence-corrected chi connectivity index (χ3v) is 2.96. The summed E-state index contributed by atoms with van der Waals surface area (Å²) in [6, 6.07) is 4.15. The summed E-state index contributed by atoms with van der Waals surface area (Å²) in [5.74, 6) is 0.690. The van der Waals surface area contributed by atoms with E-state index in [0.29, 0.717) is 30.0 Å². The fraction of sp³-hybridized carbons (Fsp3) is 0.250. The number of rotatable bonds is 1. The van der Waals surface area contributed by atoms with E-state index in [2.05, 4.69) is 15.5 Å². The molecule has 2 heterocycles. The second-order valence-corrected chi connectivity index (χ2v) is 4.07. The van der Waals surface area contributed by atoms with E-state index in [0.717, 1.165) is 5.82 Å². The first-order chi connectivity index (χ1) is 8.70. The van der Waals surface area contributed by atoms with E-state index in [-0.39, 0.29) is 5.91 Å². The van der Waals surface area contributed by atoms with E-state index < -0.39 is 5.82 Å². The number of fused-ring (bicyclic) bond motifs is 3. The predicted molar refractivity (Wildman–Crippen MR) is 61.9 cm³/mol. The van der Waals surface area contributed by atoms with Crippen molar-refractivity contribution in [2.24, 2.45) is 0 Å². The van der Waals surface area contributed by atoms with Gasteiger partial charge in [-0.1, -0.05) is 6.92 Å². The Hall–Kier alpha value is -2.24. The highest BCUT2D eigenvalue weighted by molar-refractivity contribution is 5.98. The standard InChI is InChI=1S/C12H11FN4O/c1-2-10-15-16-11-6-14-12(18)8-5-7(13)3-4-9(8)17(10)11/h3-5H,2,6H2,1H3,(H,14,18). The van der Waals surface area contributed by atoms with Gasteiger partial charge in [0.15, 0.2) is 5.82 Å². The van der Waals surface area contributed by atoms with E-state index >= 15 is 0 Å². The topological polar surface area (TPSA) is 59.8 Å². The zero-order valence-corrected chi connectivity index (χ0v) is 9.77. The van der Waals surface area contributed by atoms with Gasteiger partial charge in [-0.3, -0.25) is 9.36 Å². The van der Waals surface area contributed by atoms with Crippen LogP contribution in [0.1, 0.15) is 28.9 Å². The molecule has 1 aliphatic rings. The van der Waals surface area contributed by atoms with Gasteiger partial charge in [0.05, 0.1) is 17.8 Å². The van der Waals surface area contributed by atoms with E-state index in [9.17, 15) is 9.18 Å². The van der Waals surface area contributed by atoms with Crippen molar-refractivity contribution >= 4 is 5.91 Å². The molecule has 1 N–H and O–H groups in total. The summed E-state index contributed by atoms with van der Waals surface area (Å²) in [6.45, 7) is 2.25. The Balaban J connectivity index is 2.31. The lowest BCUT2D eigenvalue weighted by molar-refractivity contribution is 0.0952. The molecule has 3 rings (SSSR count). The minimum absolute atomic E-state index is 0.294. The summed E-state index contributed by atoms with van der Waals surface area (Å²) in [6.07, 6.45) is 0.692. The summed E-state index contributed by atoms with van der Waals surface area (Å²) >= 11 is 0. The minimum Gasteiger partial charge on any atom is -0.345 e. The van der Waals surface area contributed by atoms with Crippen LogP contribution < -0.4 is 5.32 Å². The van der Waals surface area contributed by atoms with Crippen LogP contribution in [-0.2, 0) is 13.0 Å². The molecule has 1 aliphatic heterocycles. The molecule has 0 spiro atoms. The molecule has 0 atom stereocenters. The van der Waals surface area contributed by atoms with Gasteiger partial charge in [0.1, 0.15) is 11.6 Å². The number of benzene rings is 1. The number of aromatic nitrogens is 3. The number of hydrogen-bond acceptors (Lipinski definition) is 3. The van der Waals surface area contributed by atoms with Crippen LogP contribution in [0.15, 0.2) is 18.2 Å². The summed E-state index contributed by atoms with van der Waals surface area (Å²) in [5, 5.41) is 10.8. The lowest BCUT2D eigenvalue weighted by atomic mass is 10.1. The van der Waals surface area contributed by atoms with E-state index in [1.54, 1.807) is 6.07 Å². The van der Waals surface area contributed by atoms with Crippen LogP contribution in [0.25, 0.3) is 5.69 Å². The van der Waals surface area contributed by atoms with E-state index in [1.807, 2.05) is 11.5 Å². The summed E-state index contributed by atoms with van der Waals surface area (Å²) in [5.41, 5.74) is 0.937. The van der Waals surface area contributed by atoms with E-state index in [1.165, 1.54) is 12.1 Å². The molecule has 2 aromatic rings. The molecular formula is C12H11FN4O. The van der Waals surface area contributed by atoms with Gasteiger partial charge in [0, 0.05) is 6.42 Å². The highest BCUT2D eigenvalue weighted by Gasteiger charge is 2.23. The maximum absolute atomic E-state index is 13.3. The van der Waals surface area contributed by atoms with Crippen LogP contribution in [0, 0.1) is 5.82 Å². The Kier molecular flexibility index (Phi) is 2.36. The monoisotopic (exact) mass is 246 g/mol. The van der Waals surface area contributed by atoms with Crippen molar-refractivity contribution in [3.05, 3.63) is 41.2 Å². The number of nitrogens with zero attached hydrogens (tertiary/aromatic N) is 3. The Labute approximate surface area is 103 Å². The van der Waals surface area contributed by atoms with Crippen LogP contribution in [0.2, 0.25) is 0 Å². The fourth-order valence-corrected chi connectivity index (χ4v) is 2.11. The molecular weight excluding hydrogens is 235 g/mol. The smallest absolute Gasteiger partial charge is 0.253 e. The lowest BCUT2D eigenvalue weighted by Gasteiger charge is -2.09. The normalized spacial score (nSPS) is 13.6. The number of aryl methyl sites for hydroxylation is 1. The van der Waals surface area contributed by atoms with Gasteiger partial charge in [-0.05, 0) is 18.2 Å². The number of amides is 1. The fourth-order valence-electron chi connectivity index (χ4n) is 2.11. The molecule has 0 radical (unpaired) electrons. The third kappa shape index (κ3) is 1.49. The average Bonchev–Trinajstić information content (AvgIpc) is 2.73. The second-order valence-electron chi connectivity index (χ2n) is 4.07. The van der Waals surface area contributed by atoms with Crippen molar-refractivity contribution in [3.8, 4) is 5.69 Å². The molecule has 92 valence electrons. The van der Waals surface area contributed by atoms with Crippen molar-refractivity contribution in [2.45, 2.75) is 19.9 Å². The molecule has 0 saturated carbocycles. The predicted octanol–water partition coefficient (Wildman–Crippen LogP) is 1.21. The third-order valence-electron chi connectivity index (χ3n) is 2.96. The van der Waals surface area contributed by atoms with Gasteiger partial charge >= 0.3 is 0 Å². The van der Waals surface area contributed by atoms with Gasteiger partial charge in [0.25, 0.3) is 5.91 Å². The summed E-state index contributed by atoms with van der Waals surface area (Å²) in [7, 11) is 0. The Bertz CT molecular complexity index is 635. The maximum atomic E-state index is 13.3. The van der Waals surface area contributed by atoms with Crippen molar-refractivity contribution in [1.82, 2.24) is 20.1 Å². The maximum Gasteiger partial charge on any atom is 0.253 e. The molecule has 1 amide bonds. The second kappa shape index (κ2) is 3.90. The quantitative estimate of drug-likeness (QED) is 0.822. The van der Waals surface area contributed by atoms with Crippen LogP contribution in [0.4, 0.5) is 4.39 Å². The molecule has 0 unspecified atom stereocenters. The molecule has 0 aliphatic carbocycles. The van der Waals surface area contributed by atoms with Gasteiger partial charge in [-0.15, -0.1) is 10.2 Å². The largest absolute Gasteiger partial charge is 0.345 e. The number of carbonyl (C=O) groups excluding carboxylic acids is 1. The molecule has 5 nitrogen and oxygen atoms in total. The Morgan fingerprint density at radius 3 is 3.06 bits per heavy atom. The molecule has 1 aromatic heterocycles. The van der Waals surface area contributed by atoms with E-state index in [4.69, 9.17) is 0 Å². The summed E-state index contributed by atoms with van der Waals surface area (Å²) < 4.78 is 15.1. The highest BCUT2D eigenvalue weighted by Crippen LogP contribution is 2.22. The van der Waals surface area contributed by atoms with Gasteiger partial charge in [-0.2, -0.15) is 0 Å². The first-order valence-electron chi connectivity index (χ1n) is 5.72. The molecule has 18 heavy (non-hydrogen) atoms. The molecule has 0 fully saturated rings. The highest BCUT2D eigenvalue weighted by atomic mass is 19.1. The van der Waals surface area contributed by atoms with Crippen LogP contribution in [-0.4, -0.2) is 20.7 Å². The minimum atomic E-state index is -0.432. The zero-order valence-electron chi connectivity index (χ0n) is 9.77. The average molecular weight is 246 g/mol. The first kappa shape index (κ1) is 10.9. The Morgan fingerprint density at radius 2 is 2.28 bits per heavy atom.